The SMILES string of the molecule is CCCCCCCCCCO/N=C(\N)c1ccncc1. The molecule has 112 valence electrons. The summed E-state index contributed by atoms with van der Waals surface area (Å²) < 4.78 is 0. The van der Waals surface area contributed by atoms with E-state index in [1.807, 2.05) is 12.1 Å². The minimum absolute atomic E-state index is 0.409. The molecule has 0 bridgehead atoms. The molecule has 0 aliphatic rings. The van der Waals surface area contributed by atoms with E-state index in [1.54, 1.807) is 12.4 Å². The lowest BCUT2D eigenvalue weighted by Crippen LogP contribution is -2.13. The van der Waals surface area contributed by atoms with Crippen LogP contribution in [0.25, 0.3) is 0 Å². The number of nitrogens with zero attached hydrogens (tertiary/aromatic N) is 2. The Morgan fingerprint density at radius 3 is 2.30 bits per heavy atom. The summed E-state index contributed by atoms with van der Waals surface area (Å²) in [5.41, 5.74) is 6.64. The number of oxime groups is 1. The van der Waals surface area contributed by atoms with E-state index in [0.717, 1.165) is 12.0 Å². The van der Waals surface area contributed by atoms with Crippen LogP contribution in [-0.2, 0) is 4.84 Å². The highest BCUT2D eigenvalue weighted by atomic mass is 16.6. The van der Waals surface area contributed by atoms with Crippen molar-refractivity contribution in [2.45, 2.75) is 58.3 Å². The van der Waals surface area contributed by atoms with E-state index < -0.39 is 0 Å². The Labute approximate surface area is 122 Å². The highest BCUT2D eigenvalue weighted by Gasteiger charge is 1.97. The zero-order valence-electron chi connectivity index (χ0n) is 12.6. The first-order valence-electron chi connectivity index (χ1n) is 7.70. The third kappa shape index (κ3) is 7.77. The second kappa shape index (κ2) is 11.3. The molecule has 0 unspecified atom stereocenters. The Morgan fingerprint density at radius 1 is 1.05 bits per heavy atom. The van der Waals surface area contributed by atoms with Gasteiger partial charge in [0.15, 0.2) is 5.84 Å². The molecule has 0 amide bonds. The Kier molecular flexibility index (Phi) is 9.28. The molecule has 4 heteroatoms. The third-order valence-electron chi connectivity index (χ3n) is 3.23. The monoisotopic (exact) mass is 277 g/mol. The lowest BCUT2D eigenvalue weighted by Gasteiger charge is -2.03. The molecule has 0 aliphatic carbocycles. The van der Waals surface area contributed by atoms with Crippen molar-refractivity contribution in [3.05, 3.63) is 30.1 Å². The minimum Gasteiger partial charge on any atom is -0.394 e. The third-order valence-corrected chi connectivity index (χ3v) is 3.23. The van der Waals surface area contributed by atoms with Gasteiger partial charge in [-0.3, -0.25) is 4.98 Å². The molecule has 0 atom stereocenters. The number of amidine groups is 1. The highest BCUT2D eigenvalue weighted by molar-refractivity contribution is 5.96. The first-order valence-corrected chi connectivity index (χ1v) is 7.70. The van der Waals surface area contributed by atoms with Crippen molar-refractivity contribution >= 4 is 5.84 Å². The molecule has 2 N–H and O–H groups in total. The Bertz CT molecular complexity index is 365. The van der Waals surface area contributed by atoms with Crippen LogP contribution in [0.15, 0.2) is 29.7 Å². The second-order valence-corrected chi connectivity index (χ2v) is 5.02. The van der Waals surface area contributed by atoms with E-state index in [2.05, 4.69) is 17.1 Å². The van der Waals surface area contributed by atoms with Crippen molar-refractivity contribution in [3.63, 3.8) is 0 Å². The van der Waals surface area contributed by atoms with Gasteiger partial charge in [0.1, 0.15) is 6.61 Å². The maximum Gasteiger partial charge on any atom is 0.170 e. The number of hydrogen-bond acceptors (Lipinski definition) is 3. The largest absolute Gasteiger partial charge is 0.394 e. The van der Waals surface area contributed by atoms with Crippen LogP contribution in [0.3, 0.4) is 0 Å². The van der Waals surface area contributed by atoms with E-state index in [1.165, 1.54) is 44.9 Å². The van der Waals surface area contributed by atoms with Crippen LogP contribution < -0.4 is 5.73 Å². The highest BCUT2D eigenvalue weighted by Crippen LogP contribution is 2.08. The Morgan fingerprint density at radius 2 is 1.65 bits per heavy atom. The molecule has 0 radical (unpaired) electrons. The van der Waals surface area contributed by atoms with E-state index in [4.69, 9.17) is 10.6 Å². The fourth-order valence-electron chi connectivity index (χ4n) is 1.99. The topological polar surface area (TPSA) is 60.5 Å². The van der Waals surface area contributed by atoms with Crippen molar-refractivity contribution in [1.82, 2.24) is 4.98 Å². The molecular weight excluding hydrogens is 250 g/mol. The summed E-state index contributed by atoms with van der Waals surface area (Å²) in [5, 5.41) is 3.92. The van der Waals surface area contributed by atoms with Gasteiger partial charge in [0, 0.05) is 18.0 Å². The van der Waals surface area contributed by atoms with Crippen molar-refractivity contribution in [3.8, 4) is 0 Å². The molecule has 20 heavy (non-hydrogen) atoms. The molecule has 1 aromatic heterocycles. The predicted octanol–water partition coefficient (Wildman–Crippen LogP) is 3.86. The Hall–Kier alpha value is -1.58. The van der Waals surface area contributed by atoms with Crippen molar-refractivity contribution < 1.29 is 4.84 Å². The maximum absolute atomic E-state index is 5.80. The number of aromatic nitrogens is 1. The summed E-state index contributed by atoms with van der Waals surface area (Å²) in [4.78, 5) is 9.17. The molecule has 1 rings (SSSR count). The van der Waals surface area contributed by atoms with Gasteiger partial charge in [-0.05, 0) is 25.0 Å². The van der Waals surface area contributed by atoms with E-state index >= 15 is 0 Å². The molecule has 4 nitrogen and oxygen atoms in total. The summed E-state index contributed by atoms with van der Waals surface area (Å²) in [7, 11) is 0. The number of nitrogens with two attached hydrogens (primary N) is 1. The van der Waals surface area contributed by atoms with Crippen LogP contribution in [0.4, 0.5) is 0 Å². The molecule has 1 heterocycles. The average molecular weight is 277 g/mol. The summed E-state index contributed by atoms with van der Waals surface area (Å²) in [6.45, 7) is 2.89. The van der Waals surface area contributed by atoms with Gasteiger partial charge in [-0.15, -0.1) is 0 Å². The average Bonchev–Trinajstić information content (AvgIpc) is 2.50. The van der Waals surface area contributed by atoms with Gasteiger partial charge in [0.05, 0.1) is 0 Å². The zero-order valence-corrected chi connectivity index (χ0v) is 12.6. The van der Waals surface area contributed by atoms with Gasteiger partial charge in [-0.1, -0.05) is 50.6 Å². The van der Waals surface area contributed by atoms with Crippen LogP contribution in [0.5, 0.6) is 0 Å². The fourth-order valence-corrected chi connectivity index (χ4v) is 1.99. The second-order valence-electron chi connectivity index (χ2n) is 5.02. The van der Waals surface area contributed by atoms with Crippen LogP contribution in [0, 0.1) is 0 Å². The molecule has 0 spiro atoms. The van der Waals surface area contributed by atoms with Gasteiger partial charge in [0.25, 0.3) is 0 Å². The summed E-state index contributed by atoms with van der Waals surface area (Å²) in [6, 6.07) is 3.64. The van der Waals surface area contributed by atoms with Crippen molar-refractivity contribution in [2.75, 3.05) is 6.61 Å². The van der Waals surface area contributed by atoms with Crippen molar-refractivity contribution in [1.29, 1.82) is 0 Å². The smallest absolute Gasteiger partial charge is 0.170 e. The standard InChI is InChI=1S/C16H27N3O/c1-2-3-4-5-6-7-8-9-14-20-19-16(17)15-10-12-18-13-11-15/h10-13H,2-9,14H2,1H3,(H2,17,19). The van der Waals surface area contributed by atoms with Gasteiger partial charge >= 0.3 is 0 Å². The summed E-state index contributed by atoms with van der Waals surface area (Å²) >= 11 is 0. The molecule has 0 aliphatic heterocycles. The number of unbranched alkanes of at least 4 members (excludes halogenated alkanes) is 7. The van der Waals surface area contributed by atoms with Crippen LogP contribution in [0.1, 0.15) is 63.9 Å². The summed E-state index contributed by atoms with van der Waals surface area (Å²) in [6.07, 6.45) is 13.7. The molecule has 0 aromatic carbocycles. The van der Waals surface area contributed by atoms with E-state index in [0.29, 0.717) is 12.4 Å². The van der Waals surface area contributed by atoms with E-state index in [9.17, 15) is 0 Å². The van der Waals surface area contributed by atoms with Crippen LogP contribution in [0.2, 0.25) is 0 Å². The lowest BCUT2D eigenvalue weighted by atomic mass is 10.1. The lowest BCUT2D eigenvalue weighted by molar-refractivity contribution is 0.139. The number of pyridine rings is 1. The first-order chi connectivity index (χ1) is 9.84. The van der Waals surface area contributed by atoms with Gasteiger partial charge in [0.2, 0.25) is 0 Å². The molecule has 0 saturated carbocycles. The predicted molar refractivity (Wildman–Crippen MR) is 83.5 cm³/mol. The van der Waals surface area contributed by atoms with Gasteiger partial charge in [-0.25, -0.2) is 0 Å². The van der Waals surface area contributed by atoms with E-state index in [-0.39, 0.29) is 0 Å². The summed E-state index contributed by atoms with van der Waals surface area (Å²) in [5.74, 6) is 0.409. The minimum atomic E-state index is 0.409. The van der Waals surface area contributed by atoms with Crippen molar-refractivity contribution in [2.24, 2.45) is 10.9 Å². The maximum atomic E-state index is 5.80. The molecule has 0 saturated heterocycles. The van der Waals surface area contributed by atoms with Gasteiger partial charge in [-0.2, -0.15) is 0 Å². The molecule has 1 aromatic rings. The molecule has 0 fully saturated rings. The number of hydrogen-bond donors (Lipinski definition) is 1. The molecular formula is C16H27N3O. The fraction of sp³-hybridized carbons (Fsp3) is 0.625. The van der Waals surface area contributed by atoms with Crippen LogP contribution in [-0.4, -0.2) is 17.4 Å². The van der Waals surface area contributed by atoms with Gasteiger partial charge < -0.3 is 10.6 Å². The normalized spacial score (nSPS) is 11.6. The zero-order chi connectivity index (χ0) is 14.5. The quantitative estimate of drug-likeness (QED) is 0.289. The first kappa shape index (κ1) is 16.5. The Balaban J connectivity index is 1.99. The van der Waals surface area contributed by atoms with Crippen LogP contribution >= 0.6 is 0 Å². The number of rotatable bonds is 11.